The van der Waals surface area contributed by atoms with Crippen molar-refractivity contribution in [2.45, 2.75) is 6.42 Å². The van der Waals surface area contributed by atoms with E-state index in [1.54, 1.807) is 5.06 Å². The summed E-state index contributed by atoms with van der Waals surface area (Å²) in [6, 6.07) is 0. The lowest BCUT2D eigenvalue weighted by molar-refractivity contribution is -0.130. The van der Waals surface area contributed by atoms with Crippen LogP contribution >= 0.6 is 0 Å². The molecule has 0 amide bonds. The van der Waals surface area contributed by atoms with Crippen LogP contribution < -0.4 is 0 Å². The summed E-state index contributed by atoms with van der Waals surface area (Å²) in [5.74, 6) is 0. The monoisotopic (exact) mass is 115 g/mol. The molecule has 0 aromatic heterocycles. The molecule has 8 heavy (non-hydrogen) atoms. The van der Waals surface area contributed by atoms with Crippen LogP contribution in [-0.4, -0.2) is 31.0 Å². The van der Waals surface area contributed by atoms with Crippen molar-refractivity contribution in [2.75, 3.05) is 19.7 Å². The summed E-state index contributed by atoms with van der Waals surface area (Å²) in [7, 11) is 0. The van der Waals surface area contributed by atoms with E-state index in [9.17, 15) is 4.79 Å². The van der Waals surface area contributed by atoms with Crippen molar-refractivity contribution in [3.05, 3.63) is 0 Å². The van der Waals surface area contributed by atoms with E-state index in [1.807, 2.05) is 0 Å². The topological polar surface area (TPSA) is 29.5 Å². The molecule has 1 heterocycles. The summed E-state index contributed by atoms with van der Waals surface area (Å²) >= 11 is 0. The standard InChI is InChI=1S/C5H9NO2/c7-4-3-6-2-1-5-8-6/h4H,1-3,5H2. The van der Waals surface area contributed by atoms with Crippen molar-refractivity contribution in [2.24, 2.45) is 0 Å². The molecule has 1 aliphatic rings. The molecule has 1 saturated heterocycles. The molecule has 0 unspecified atom stereocenters. The Bertz CT molecular complexity index is 78.5. The second kappa shape index (κ2) is 2.79. The Labute approximate surface area is 48.2 Å². The Kier molecular flexibility index (Phi) is 2.00. The number of hydroxylamine groups is 2. The van der Waals surface area contributed by atoms with Gasteiger partial charge in [0.15, 0.2) is 0 Å². The van der Waals surface area contributed by atoms with Gasteiger partial charge >= 0.3 is 0 Å². The Hall–Kier alpha value is -0.410. The molecule has 0 N–H and O–H groups in total. The first-order valence-electron chi connectivity index (χ1n) is 2.75. The summed E-state index contributed by atoms with van der Waals surface area (Å²) in [5.41, 5.74) is 0. The van der Waals surface area contributed by atoms with E-state index in [-0.39, 0.29) is 0 Å². The van der Waals surface area contributed by atoms with Gasteiger partial charge in [-0.25, -0.2) is 0 Å². The SMILES string of the molecule is O=CCN1CCCO1. The van der Waals surface area contributed by atoms with E-state index in [0.29, 0.717) is 6.54 Å². The zero-order valence-electron chi connectivity index (χ0n) is 4.67. The van der Waals surface area contributed by atoms with Gasteiger partial charge in [-0.1, -0.05) is 0 Å². The minimum atomic E-state index is 0.417. The Morgan fingerprint density at radius 1 is 1.75 bits per heavy atom. The first-order chi connectivity index (χ1) is 3.93. The smallest absolute Gasteiger partial charge is 0.136 e. The number of hydrogen-bond acceptors (Lipinski definition) is 3. The molecule has 0 aliphatic carbocycles. The van der Waals surface area contributed by atoms with Crippen molar-refractivity contribution >= 4 is 6.29 Å². The van der Waals surface area contributed by atoms with Gasteiger partial charge in [0.2, 0.25) is 0 Å². The minimum Gasteiger partial charge on any atom is -0.302 e. The van der Waals surface area contributed by atoms with Gasteiger partial charge in [0.1, 0.15) is 6.29 Å². The highest BCUT2D eigenvalue weighted by Gasteiger charge is 2.09. The molecule has 1 fully saturated rings. The molecule has 3 nitrogen and oxygen atoms in total. The maximum atomic E-state index is 9.84. The third-order valence-electron chi connectivity index (χ3n) is 1.10. The number of aldehydes is 1. The quantitative estimate of drug-likeness (QED) is 0.468. The van der Waals surface area contributed by atoms with Gasteiger partial charge < -0.3 is 4.79 Å². The largest absolute Gasteiger partial charge is 0.302 e. The number of carbonyl (C=O) groups is 1. The molecule has 0 aromatic carbocycles. The van der Waals surface area contributed by atoms with Crippen molar-refractivity contribution in [1.29, 1.82) is 0 Å². The predicted molar refractivity (Wildman–Crippen MR) is 28.2 cm³/mol. The summed E-state index contributed by atoms with van der Waals surface area (Å²) in [5, 5.41) is 1.67. The zero-order valence-corrected chi connectivity index (χ0v) is 4.67. The molecule has 0 saturated carbocycles. The number of hydrogen-bond donors (Lipinski definition) is 0. The van der Waals surface area contributed by atoms with Crippen LogP contribution in [0.1, 0.15) is 6.42 Å². The van der Waals surface area contributed by atoms with E-state index in [4.69, 9.17) is 4.84 Å². The fourth-order valence-corrected chi connectivity index (χ4v) is 0.726. The molecule has 0 radical (unpaired) electrons. The predicted octanol–water partition coefficient (Wildman–Crippen LogP) is -0.177. The highest BCUT2D eigenvalue weighted by atomic mass is 16.7. The summed E-state index contributed by atoms with van der Waals surface area (Å²) in [6.45, 7) is 2.09. The molecule has 1 aliphatic heterocycles. The van der Waals surface area contributed by atoms with Gasteiger partial charge in [0, 0.05) is 6.54 Å². The highest BCUT2D eigenvalue weighted by molar-refractivity contribution is 5.51. The van der Waals surface area contributed by atoms with E-state index < -0.39 is 0 Å². The fraction of sp³-hybridized carbons (Fsp3) is 0.800. The van der Waals surface area contributed by atoms with Crippen LogP contribution in [0.3, 0.4) is 0 Å². The molecule has 0 spiro atoms. The maximum Gasteiger partial charge on any atom is 0.136 e. The number of nitrogens with zero attached hydrogens (tertiary/aromatic N) is 1. The maximum absolute atomic E-state index is 9.84. The van der Waals surface area contributed by atoms with Crippen molar-refractivity contribution in [3.8, 4) is 0 Å². The first kappa shape index (κ1) is 5.72. The average molecular weight is 115 g/mol. The lowest BCUT2D eigenvalue weighted by Gasteiger charge is -2.06. The van der Waals surface area contributed by atoms with Gasteiger partial charge in [0.25, 0.3) is 0 Å². The van der Waals surface area contributed by atoms with E-state index >= 15 is 0 Å². The van der Waals surface area contributed by atoms with Crippen LogP contribution in [0.2, 0.25) is 0 Å². The van der Waals surface area contributed by atoms with Crippen LogP contribution in [0.15, 0.2) is 0 Å². The molecule has 46 valence electrons. The number of rotatable bonds is 2. The first-order valence-corrected chi connectivity index (χ1v) is 2.75. The summed E-state index contributed by atoms with van der Waals surface area (Å²) in [4.78, 5) is 14.8. The lowest BCUT2D eigenvalue weighted by atomic mass is 10.5. The lowest BCUT2D eigenvalue weighted by Crippen LogP contribution is -2.19. The van der Waals surface area contributed by atoms with Gasteiger partial charge in [-0.2, -0.15) is 5.06 Å². The van der Waals surface area contributed by atoms with Crippen LogP contribution in [0, 0.1) is 0 Å². The molecular weight excluding hydrogens is 106 g/mol. The zero-order chi connectivity index (χ0) is 5.82. The molecular formula is C5H9NO2. The van der Waals surface area contributed by atoms with Crippen molar-refractivity contribution in [3.63, 3.8) is 0 Å². The Morgan fingerprint density at radius 3 is 3.12 bits per heavy atom. The fourth-order valence-electron chi connectivity index (χ4n) is 0.726. The molecule has 0 atom stereocenters. The third kappa shape index (κ3) is 1.28. The van der Waals surface area contributed by atoms with Gasteiger partial charge in [0.05, 0.1) is 13.2 Å². The minimum absolute atomic E-state index is 0.417. The van der Waals surface area contributed by atoms with Gasteiger partial charge in [-0.3, -0.25) is 4.84 Å². The van der Waals surface area contributed by atoms with Crippen molar-refractivity contribution < 1.29 is 9.63 Å². The van der Waals surface area contributed by atoms with E-state index in [1.165, 1.54) is 0 Å². The number of carbonyl (C=O) groups excluding carboxylic acids is 1. The highest BCUT2D eigenvalue weighted by Crippen LogP contribution is 2.00. The normalized spacial score (nSPS) is 21.5. The molecule has 0 bridgehead atoms. The van der Waals surface area contributed by atoms with E-state index in [0.717, 1.165) is 25.9 Å². The summed E-state index contributed by atoms with van der Waals surface area (Å²) in [6.07, 6.45) is 1.90. The van der Waals surface area contributed by atoms with Gasteiger partial charge in [-0.05, 0) is 6.42 Å². The Morgan fingerprint density at radius 2 is 2.62 bits per heavy atom. The van der Waals surface area contributed by atoms with Crippen LogP contribution in [0.5, 0.6) is 0 Å². The Balaban J connectivity index is 2.14. The van der Waals surface area contributed by atoms with Crippen LogP contribution in [0.25, 0.3) is 0 Å². The van der Waals surface area contributed by atoms with E-state index in [2.05, 4.69) is 0 Å². The van der Waals surface area contributed by atoms with Gasteiger partial charge in [-0.15, -0.1) is 0 Å². The average Bonchev–Trinajstić information content (AvgIpc) is 2.19. The molecule has 0 aromatic rings. The second-order valence-electron chi connectivity index (χ2n) is 1.74. The van der Waals surface area contributed by atoms with Crippen LogP contribution in [0.4, 0.5) is 0 Å². The van der Waals surface area contributed by atoms with Crippen molar-refractivity contribution in [1.82, 2.24) is 5.06 Å². The molecule has 3 heteroatoms. The summed E-state index contributed by atoms with van der Waals surface area (Å²) < 4.78 is 0. The third-order valence-corrected chi connectivity index (χ3v) is 1.10. The van der Waals surface area contributed by atoms with Crippen LogP contribution in [-0.2, 0) is 9.63 Å². The molecule has 1 rings (SSSR count). The second-order valence-corrected chi connectivity index (χ2v) is 1.74.